The number of halogens is 1. The number of likely N-dealkylation sites (tertiary alicyclic amines) is 1. The van der Waals surface area contributed by atoms with Gasteiger partial charge < -0.3 is 25.4 Å². The van der Waals surface area contributed by atoms with Crippen molar-refractivity contribution in [2.75, 3.05) is 18.5 Å². The largest absolute Gasteiger partial charge is 0.394 e. The number of amides is 3. The fraction of sp³-hybridized carbons (Fsp3) is 0.500. The number of alkyl halides is 1. The van der Waals surface area contributed by atoms with Crippen molar-refractivity contribution in [3.8, 4) is 0 Å². The third kappa shape index (κ3) is 4.68. The van der Waals surface area contributed by atoms with Gasteiger partial charge in [-0.1, -0.05) is 71.4 Å². The van der Waals surface area contributed by atoms with Gasteiger partial charge in [0.25, 0.3) is 0 Å². The highest BCUT2D eigenvalue weighted by Crippen LogP contribution is 2.60. The highest BCUT2D eigenvalue weighted by molar-refractivity contribution is 9.09. The molecule has 39 heavy (non-hydrogen) atoms. The van der Waals surface area contributed by atoms with E-state index in [0.29, 0.717) is 25.1 Å². The number of aryl methyl sites for hydroxylation is 2. The van der Waals surface area contributed by atoms with Crippen molar-refractivity contribution in [3.63, 3.8) is 0 Å². The summed E-state index contributed by atoms with van der Waals surface area (Å²) in [6, 6.07) is 13.7. The monoisotopic (exact) mass is 597 g/mol. The quantitative estimate of drug-likeness (QED) is 0.385. The van der Waals surface area contributed by atoms with Crippen LogP contribution >= 0.6 is 15.9 Å². The predicted octanol–water partition coefficient (Wildman–Crippen LogP) is 3.12. The van der Waals surface area contributed by atoms with Crippen molar-refractivity contribution in [1.29, 1.82) is 0 Å². The van der Waals surface area contributed by atoms with Crippen LogP contribution in [-0.2, 0) is 25.5 Å². The Bertz CT molecular complexity index is 1240. The van der Waals surface area contributed by atoms with E-state index in [4.69, 9.17) is 4.74 Å². The van der Waals surface area contributed by atoms with Crippen molar-refractivity contribution in [3.05, 3.63) is 65.2 Å². The first-order valence-corrected chi connectivity index (χ1v) is 14.6. The maximum Gasteiger partial charge on any atom is 0.250 e. The van der Waals surface area contributed by atoms with Gasteiger partial charge >= 0.3 is 0 Å². The molecule has 3 unspecified atom stereocenters. The zero-order valence-corrected chi connectivity index (χ0v) is 24.1. The van der Waals surface area contributed by atoms with Crippen molar-refractivity contribution >= 4 is 39.3 Å². The Hall–Kier alpha value is -2.75. The third-order valence-corrected chi connectivity index (χ3v) is 9.32. The number of carbonyl (C=O) groups excluding carboxylic acids is 3. The van der Waals surface area contributed by atoms with Crippen molar-refractivity contribution in [2.45, 2.75) is 68.6 Å². The number of nitrogens with zero attached hydrogens (tertiary/aromatic N) is 1. The van der Waals surface area contributed by atoms with E-state index in [2.05, 4.69) is 26.6 Å². The molecule has 3 aliphatic heterocycles. The zero-order chi connectivity index (χ0) is 27.9. The van der Waals surface area contributed by atoms with Crippen LogP contribution in [0.5, 0.6) is 0 Å². The molecule has 3 aliphatic rings. The van der Waals surface area contributed by atoms with Gasteiger partial charge in [-0.25, -0.2) is 0 Å². The zero-order valence-electron chi connectivity index (χ0n) is 22.5. The molecule has 208 valence electrons. The van der Waals surface area contributed by atoms with Crippen LogP contribution in [0.3, 0.4) is 0 Å². The van der Waals surface area contributed by atoms with Crippen molar-refractivity contribution in [1.82, 2.24) is 10.2 Å². The molecule has 3 fully saturated rings. The minimum Gasteiger partial charge on any atom is -0.394 e. The molecule has 3 saturated heterocycles. The van der Waals surface area contributed by atoms with Crippen LogP contribution in [0.4, 0.5) is 5.69 Å². The summed E-state index contributed by atoms with van der Waals surface area (Å²) in [5.41, 5.74) is 2.26. The maximum atomic E-state index is 14.3. The maximum absolute atomic E-state index is 14.3. The average Bonchev–Trinajstić information content (AvgIpc) is 3.52. The molecule has 2 aromatic carbocycles. The number of nitrogens with one attached hydrogen (secondary N) is 2. The van der Waals surface area contributed by atoms with Gasteiger partial charge in [-0.3, -0.25) is 14.4 Å². The van der Waals surface area contributed by atoms with Gasteiger partial charge in [0, 0.05) is 17.1 Å². The van der Waals surface area contributed by atoms with E-state index in [1.54, 1.807) is 0 Å². The normalized spacial score (nSPS) is 29.8. The van der Waals surface area contributed by atoms with Crippen LogP contribution in [0.25, 0.3) is 0 Å². The van der Waals surface area contributed by atoms with Gasteiger partial charge in [0.2, 0.25) is 17.7 Å². The Morgan fingerprint density at radius 3 is 2.46 bits per heavy atom. The smallest absolute Gasteiger partial charge is 0.250 e. The number of hydrogen-bond acceptors (Lipinski definition) is 5. The Morgan fingerprint density at radius 1 is 1.13 bits per heavy atom. The Morgan fingerprint density at radius 2 is 1.82 bits per heavy atom. The number of rotatable bonds is 9. The molecule has 0 saturated carbocycles. The number of hydrogen-bond donors (Lipinski definition) is 3. The average molecular weight is 599 g/mol. The summed E-state index contributed by atoms with van der Waals surface area (Å²) in [4.78, 5) is 43.3. The molecule has 1 spiro atoms. The van der Waals surface area contributed by atoms with Crippen LogP contribution in [0.2, 0.25) is 0 Å². The second-order valence-corrected chi connectivity index (χ2v) is 12.2. The summed E-state index contributed by atoms with van der Waals surface area (Å²) in [5, 5.41) is 16.6. The number of benzene rings is 2. The Balaban J connectivity index is 1.57. The molecule has 2 aromatic rings. The lowest BCUT2D eigenvalue weighted by Gasteiger charge is -2.37. The third-order valence-electron chi connectivity index (χ3n) is 8.48. The van der Waals surface area contributed by atoms with Crippen LogP contribution in [0.15, 0.2) is 48.5 Å². The van der Waals surface area contributed by atoms with Crippen molar-refractivity contribution in [2.24, 2.45) is 11.8 Å². The van der Waals surface area contributed by atoms with Gasteiger partial charge in [-0.05, 0) is 49.8 Å². The number of para-hydroxylation sites is 1. The molecular formula is C30H36BrN3O5. The van der Waals surface area contributed by atoms with Crippen molar-refractivity contribution < 1.29 is 24.2 Å². The van der Waals surface area contributed by atoms with Crippen LogP contribution in [0.1, 0.15) is 36.5 Å². The summed E-state index contributed by atoms with van der Waals surface area (Å²) < 4.78 is 6.57. The Labute approximate surface area is 237 Å². The second-order valence-electron chi connectivity index (χ2n) is 11.0. The molecule has 8 nitrogen and oxygen atoms in total. The number of ether oxygens (including phenoxy) is 1. The molecule has 7 atom stereocenters. The van der Waals surface area contributed by atoms with Gasteiger partial charge in [-0.2, -0.15) is 0 Å². The van der Waals surface area contributed by atoms with E-state index in [-0.39, 0.29) is 29.2 Å². The van der Waals surface area contributed by atoms with Gasteiger partial charge in [0.15, 0.2) is 0 Å². The van der Waals surface area contributed by atoms with Crippen LogP contribution in [0, 0.1) is 25.7 Å². The fourth-order valence-electron chi connectivity index (χ4n) is 6.77. The lowest BCUT2D eigenvalue weighted by atomic mass is 9.70. The topological polar surface area (TPSA) is 108 Å². The number of aliphatic hydroxyl groups excluding tert-OH is 1. The molecule has 0 radical (unpaired) electrons. The van der Waals surface area contributed by atoms with Gasteiger partial charge in [-0.15, -0.1) is 0 Å². The predicted molar refractivity (Wildman–Crippen MR) is 151 cm³/mol. The molecule has 3 N–H and O–H groups in total. The molecule has 3 amide bonds. The van der Waals surface area contributed by atoms with Crippen LogP contribution < -0.4 is 10.6 Å². The second kappa shape index (κ2) is 11.0. The Kier molecular flexibility index (Phi) is 7.86. The molecule has 3 heterocycles. The van der Waals surface area contributed by atoms with E-state index in [0.717, 1.165) is 23.1 Å². The summed E-state index contributed by atoms with van der Waals surface area (Å²) in [6.07, 6.45) is 1.03. The highest BCUT2D eigenvalue weighted by Gasteiger charge is 2.77. The highest BCUT2D eigenvalue weighted by atomic mass is 79.9. The summed E-state index contributed by atoms with van der Waals surface area (Å²) in [5.74, 6) is -2.45. The minimum atomic E-state index is -1.19. The molecular weight excluding hydrogens is 562 g/mol. The number of anilines is 1. The first-order chi connectivity index (χ1) is 18.7. The summed E-state index contributed by atoms with van der Waals surface area (Å²) >= 11 is 3.70. The molecule has 0 aliphatic carbocycles. The molecule has 2 bridgehead atoms. The molecule has 5 rings (SSSR count). The SMILES string of the molecule is CCCNC(=O)[C@H]1[C@H]2C(=O)N([C@@H](CO)Cc3ccccc3)C(C(=O)Nc3c(C)cccc3C)C23CC(Br)[C@@H]1O3. The number of aliphatic hydroxyl groups is 1. The minimum absolute atomic E-state index is 0.184. The lowest BCUT2D eigenvalue weighted by Crippen LogP contribution is -2.57. The number of fused-ring (bicyclic) bond motifs is 1. The molecule has 9 heteroatoms. The standard InChI is InChI=1S/C30H36BrN3O5/c1-4-13-32-27(36)22-23-29(38)34(20(16-35)14-19-11-6-5-7-12-19)26(30(23)15-21(31)25(22)39-30)28(37)33-24-17(2)9-8-10-18(24)3/h5-12,20-23,25-26,35H,4,13-16H2,1-3H3,(H,32,36)(H,33,37)/t20-,21?,22+,23+,25+,26?,30?/m1/s1. The van der Waals surface area contributed by atoms with E-state index in [9.17, 15) is 19.5 Å². The van der Waals surface area contributed by atoms with E-state index in [1.165, 1.54) is 4.90 Å². The van der Waals surface area contributed by atoms with Gasteiger partial charge in [0.05, 0.1) is 30.6 Å². The molecule has 0 aromatic heterocycles. The van der Waals surface area contributed by atoms with Crippen LogP contribution in [-0.4, -0.2) is 69.5 Å². The van der Waals surface area contributed by atoms with E-state index >= 15 is 0 Å². The summed E-state index contributed by atoms with van der Waals surface area (Å²) in [7, 11) is 0. The first-order valence-electron chi connectivity index (χ1n) is 13.7. The lowest BCUT2D eigenvalue weighted by molar-refractivity contribution is -0.144. The summed E-state index contributed by atoms with van der Waals surface area (Å²) in [6.45, 7) is 5.99. The van der Waals surface area contributed by atoms with E-state index < -0.39 is 35.6 Å². The fourth-order valence-corrected chi connectivity index (χ4v) is 7.71. The van der Waals surface area contributed by atoms with E-state index in [1.807, 2.05) is 69.3 Å². The van der Waals surface area contributed by atoms with Gasteiger partial charge in [0.1, 0.15) is 11.6 Å². The first kappa shape index (κ1) is 27.8. The number of carbonyl (C=O) groups is 3.